The van der Waals surface area contributed by atoms with E-state index in [0.717, 1.165) is 0 Å². The van der Waals surface area contributed by atoms with E-state index in [1.165, 1.54) is 7.11 Å². The lowest BCUT2D eigenvalue weighted by atomic mass is 10.3. The molecule has 1 amide bonds. The Bertz CT molecular complexity index is 483. The van der Waals surface area contributed by atoms with Crippen molar-refractivity contribution < 1.29 is 9.53 Å². The molecule has 1 rings (SSSR count). The third-order valence-corrected chi connectivity index (χ3v) is 3.43. The van der Waals surface area contributed by atoms with Gasteiger partial charge >= 0.3 is 0 Å². The third-order valence-electron chi connectivity index (χ3n) is 2.26. The first-order valence-electron chi connectivity index (χ1n) is 5.39. The van der Waals surface area contributed by atoms with Crippen LogP contribution in [0.4, 0.5) is 5.69 Å². The van der Waals surface area contributed by atoms with Gasteiger partial charge in [0.15, 0.2) is 0 Å². The molecule has 0 aliphatic carbocycles. The van der Waals surface area contributed by atoms with Gasteiger partial charge in [0.2, 0.25) is 3.79 Å². The highest BCUT2D eigenvalue weighted by Crippen LogP contribution is 2.33. The first-order valence-corrected chi connectivity index (χ1v) is 7.66. The van der Waals surface area contributed by atoms with Gasteiger partial charge in [-0.3, -0.25) is 4.79 Å². The summed E-state index contributed by atoms with van der Waals surface area (Å²) >= 11 is 33.8. The van der Waals surface area contributed by atoms with Gasteiger partial charge in [-0.2, -0.15) is 0 Å². The van der Waals surface area contributed by atoms with Gasteiger partial charge in [-0.1, -0.05) is 69.6 Å². The number of ether oxygens (including phenoxy) is 1. The van der Waals surface area contributed by atoms with Gasteiger partial charge in [-0.25, -0.2) is 0 Å². The summed E-state index contributed by atoms with van der Waals surface area (Å²) in [4.78, 5) is 11.7. The summed E-state index contributed by atoms with van der Waals surface area (Å²) in [6.07, 6.45) is -1.11. The first-order chi connectivity index (χ1) is 9.54. The van der Waals surface area contributed by atoms with Crippen molar-refractivity contribution in [3.8, 4) is 5.75 Å². The standard InChI is InChI=1S/C11H10Cl6N2O2/c1-21-7-4-2-6(3-5-7)18-8(10(12,13)14)19-9(20)11(15,16)17/h2-5,8,18H,1H3,(H,19,20)/t8-/m1/s1. The van der Waals surface area contributed by atoms with Crippen LogP contribution in [-0.2, 0) is 4.79 Å². The molecular formula is C11H10Cl6N2O2. The van der Waals surface area contributed by atoms with Gasteiger partial charge < -0.3 is 15.4 Å². The summed E-state index contributed by atoms with van der Waals surface area (Å²) in [6, 6.07) is 6.72. The molecule has 0 fully saturated rings. The van der Waals surface area contributed by atoms with E-state index in [1.807, 2.05) is 0 Å². The monoisotopic (exact) mass is 412 g/mol. The van der Waals surface area contributed by atoms with Gasteiger partial charge in [0, 0.05) is 5.69 Å². The number of carbonyl (C=O) groups is 1. The van der Waals surface area contributed by atoms with Crippen molar-refractivity contribution in [1.82, 2.24) is 5.32 Å². The van der Waals surface area contributed by atoms with Crippen molar-refractivity contribution in [2.75, 3.05) is 12.4 Å². The predicted molar refractivity (Wildman–Crippen MR) is 89.1 cm³/mol. The molecule has 1 atom stereocenters. The fourth-order valence-electron chi connectivity index (χ4n) is 1.27. The zero-order valence-electron chi connectivity index (χ0n) is 10.5. The molecule has 0 spiro atoms. The Morgan fingerprint density at radius 2 is 1.62 bits per heavy atom. The molecule has 0 saturated heterocycles. The molecule has 4 nitrogen and oxygen atoms in total. The van der Waals surface area contributed by atoms with Crippen LogP contribution in [0, 0.1) is 0 Å². The van der Waals surface area contributed by atoms with Gasteiger partial charge in [-0.15, -0.1) is 0 Å². The number of nitrogens with one attached hydrogen (secondary N) is 2. The number of methoxy groups -OCH3 is 1. The number of benzene rings is 1. The summed E-state index contributed by atoms with van der Waals surface area (Å²) in [6.45, 7) is 0. The van der Waals surface area contributed by atoms with Crippen LogP contribution in [0.1, 0.15) is 0 Å². The summed E-state index contributed by atoms with van der Waals surface area (Å²) in [5, 5.41) is 5.12. The van der Waals surface area contributed by atoms with E-state index in [1.54, 1.807) is 24.3 Å². The van der Waals surface area contributed by atoms with Crippen LogP contribution in [-0.4, -0.2) is 26.8 Å². The third kappa shape index (κ3) is 6.35. The van der Waals surface area contributed by atoms with Crippen LogP contribution in [0.5, 0.6) is 5.75 Å². The van der Waals surface area contributed by atoms with Crippen LogP contribution in [0.3, 0.4) is 0 Å². The number of hydrogen-bond donors (Lipinski definition) is 2. The highest BCUT2D eigenvalue weighted by atomic mass is 35.6. The molecule has 0 aliphatic rings. The van der Waals surface area contributed by atoms with Gasteiger partial charge in [0.1, 0.15) is 11.9 Å². The van der Waals surface area contributed by atoms with Crippen molar-refractivity contribution in [3.05, 3.63) is 24.3 Å². The van der Waals surface area contributed by atoms with Crippen LogP contribution < -0.4 is 15.4 Å². The van der Waals surface area contributed by atoms with E-state index < -0.39 is 19.7 Å². The second kappa shape index (κ2) is 7.53. The minimum Gasteiger partial charge on any atom is -0.497 e. The lowest BCUT2D eigenvalue weighted by Crippen LogP contribution is -2.52. The summed E-state index contributed by atoms with van der Waals surface area (Å²) in [5.74, 6) is -0.277. The minimum absolute atomic E-state index is 0.566. The molecule has 1 aromatic carbocycles. The molecule has 118 valence electrons. The van der Waals surface area contributed by atoms with Crippen LogP contribution >= 0.6 is 69.6 Å². The molecule has 0 unspecified atom stereocenters. The molecule has 10 heteroatoms. The highest BCUT2D eigenvalue weighted by molar-refractivity contribution is 6.76. The van der Waals surface area contributed by atoms with E-state index in [2.05, 4.69) is 10.6 Å². The van der Waals surface area contributed by atoms with E-state index in [0.29, 0.717) is 11.4 Å². The molecule has 0 saturated carbocycles. The van der Waals surface area contributed by atoms with Gasteiger partial charge in [0.25, 0.3) is 9.70 Å². The van der Waals surface area contributed by atoms with Crippen molar-refractivity contribution in [3.63, 3.8) is 0 Å². The van der Waals surface area contributed by atoms with Gasteiger partial charge in [-0.05, 0) is 24.3 Å². The molecule has 0 aromatic heterocycles. The second-order valence-corrected chi connectivity index (χ2v) is 8.47. The van der Waals surface area contributed by atoms with Crippen molar-refractivity contribution in [1.29, 1.82) is 0 Å². The van der Waals surface area contributed by atoms with Crippen LogP contribution in [0.2, 0.25) is 0 Å². The van der Waals surface area contributed by atoms with Crippen LogP contribution in [0.25, 0.3) is 0 Å². The number of amides is 1. The highest BCUT2D eigenvalue weighted by Gasteiger charge is 2.39. The summed E-state index contributed by atoms with van der Waals surface area (Å²) < 4.78 is 0.982. The first kappa shape index (κ1) is 19.1. The average molecular weight is 415 g/mol. The van der Waals surface area contributed by atoms with E-state index in [4.69, 9.17) is 74.3 Å². The fourth-order valence-corrected chi connectivity index (χ4v) is 1.76. The lowest BCUT2D eigenvalue weighted by molar-refractivity contribution is -0.120. The summed E-state index contributed by atoms with van der Waals surface area (Å²) in [5.41, 5.74) is 0.566. The quantitative estimate of drug-likeness (QED) is 0.570. The normalized spacial score (nSPS) is 13.5. The SMILES string of the molecule is COc1ccc(N[C@H](NC(=O)C(Cl)(Cl)Cl)C(Cl)(Cl)Cl)cc1. The molecule has 0 aliphatic heterocycles. The maximum atomic E-state index is 11.7. The number of anilines is 1. The molecular weight excluding hydrogens is 405 g/mol. The molecule has 0 radical (unpaired) electrons. The zero-order chi connectivity index (χ0) is 16.3. The molecule has 21 heavy (non-hydrogen) atoms. The molecule has 0 heterocycles. The minimum atomic E-state index is -2.17. The Morgan fingerprint density at radius 3 is 2.00 bits per heavy atom. The Labute approximate surface area is 151 Å². The lowest BCUT2D eigenvalue weighted by Gasteiger charge is -2.28. The number of rotatable bonds is 4. The Kier molecular flexibility index (Phi) is 6.84. The predicted octanol–water partition coefficient (Wildman–Crippen LogP) is 4.29. The van der Waals surface area contributed by atoms with Crippen LogP contribution in [0.15, 0.2) is 24.3 Å². The maximum absolute atomic E-state index is 11.7. The molecule has 1 aromatic rings. The average Bonchev–Trinajstić information content (AvgIpc) is 2.36. The van der Waals surface area contributed by atoms with E-state index in [-0.39, 0.29) is 0 Å². The Morgan fingerprint density at radius 1 is 1.10 bits per heavy atom. The summed E-state index contributed by atoms with van der Waals surface area (Å²) in [7, 11) is 1.54. The Balaban J connectivity index is 2.86. The molecule has 2 N–H and O–H groups in total. The van der Waals surface area contributed by atoms with Crippen molar-refractivity contribution >= 4 is 81.2 Å². The van der Waals surface area contributed by atoms with Crippen molar-refractivity contribution in [2.45, 2.75) is 13.8 Å². The number of hydrogen-bond acceptors (Lipinski definition) is 3. The second-order valence-electron chi connectivity index (χ2n) is 3.82. The van der Waals surface area contributed by atoms with E-state index in [9.17, 15) is 4.79 Å². The topological polar surface area (TPSA) is 50.4 Å². The fraction of sp³-hybridized carbons (Fsp3) is 0.364. The maximum Gasteiger partial charge on any atom is 0.273 e. The van der Waals surface area contributed by atoms with Gasteiger partial charge in [0.05, 0.1) is 7.11 Å². The Hall–Kier alpha value is 0.0300. The zero-order valence-corrected chi connectivity index (χ0v) is 15.0. The number of alkyl halides is 6. The van der Waals surface area contributed by atoms with E-state index >= 15 is 0 Å². The smallest absolute Gasteiger partial charge is 0.273 e. The number of halogens is 6. The number of carbonyl (C=O) groups excluding carboxylic acids is 1. The molecule has 0 bridgehead atoms. The van der Waals surface area contributed by atoms with Crippen molar-refractivity contribution in [2.24, 2.45) is 0 Å². The largest absolute Gasteiger partial charge is 0.497 e.